The summed E-state index contributed by atoms with van der Waals surface area (Å²) in [5.41, 5.74) is 7.35. The molecule has 1 aromatic heterocycles. The monoisotopic (exact) mass is 249 g/mol. The third-order valence-electron chi connectivity index (χ3n) is 3.47. The number of piperidine rings is 1. The Morgan fingerprint density at radius 1 is 1.61 bits per heavy atom. The predicted molar refractivity (Wildman–Crippen MR) is 69.5 cm³/mol. The summed E-state index contributed by atoms with van der Waals surface area (Å²) in [7, 11) is 1.36. The molecule has 5 nitrogen and oxygen atoms in total. The number of rotatable bonds is 2. The Morgan fingerprint density at radius 2 is 2.39 bits per heavy atom. The van der Waals surface area contributed by atoms with Gasteiger partial charge in [0.1, 0.15) is 5.69 Å². The maximum absolute atomic E-state index is 11.4. The second-order valence-electron chi connectivity index (χ2n) is 4.77. The SMILES string of the molecule is COC(=O)c1cc(N2CCC(N)C(C)C2)ccn1. The van der Waals surface area contributed by atoms with E-state index in [4.69, 9.17) is 5.73 Å². The highest BCUT2D eigenvalue weighted by molar-refractivity contribution is 5.88. The van der Waals surface area contributed by atoms with Gasteiger partial charge >= 0.3 is 5.97 Å². The average molecular weight is 249 g/mol. The molecule has 1 saturated heterocycles. The number of nitrogens with two attached hydrogens (primary N) is 1. The summed E-state index contributed by atoms with van der Waals surface area (Å²) in [6.45, 7) is 3.97. The first-order chi connectivity index (χ1) is 8.61. The number of nitrogens with zero attached hydrogens (tertiary/aromatic N) is 2. The van der Waals surface area contributed by atoms with Crippen LogP contribution in [0.4, 0.5) is 5.69 Å². The van der Waals surface area contributed by atoms with E-state index in [0.717, 1.165) is 25.2 Å². The second kappa shape index (κ2) is 5.35. The van der Waals surface area contributed by atoms with E-state index in [1.807, 2.05) is 6.07 Å². The maximum Gasteiger partial charge on any atom is 0.356 e. The van der Waals surface area contributed by atoms with Gasteiger partial charge in [0, 0.05) is 31.0 Å². The van der Waals surface area contributed by atoms with Gasteiger partial charge in [-0.05, 0) is 24.5 Å². The molecule has 2 atom stereocenters. The zero-order chi connectivity index (χ0) is 13.1. The number of anilines is 1. The number of pyridine rings is 1. The first-order valence-electron chi connectivity index (χ1n) is 6.16. The van der Waals surface area contributed by atoms with E-state index in [1.165, 1.54) is 7.11 Å². The van der Waals surface area contributed by atoms with Gasteiger partial charge in [-0.2, -0.15) is 0 Å². The molecule has 0 radical (unpaired) electrons. The number of ether oxygens (including phenoxy) is 1. The molecule has 2 unspecified atom stereocenters. The van der Waals surface area contributed by atoms with Crippen molar-refractivity contribution in [1.29, 1.82) is 0 Å². The first kappa shape index (κ1) is 12.8. The van der Waals surface area contributed by atoms with Gasteiger partial charge in [-0.15, -0.1) is 0 Å². The van der Waals surface area contributed by atoms with Crippen molar-refractivity contribution in [3.05, 3.63) is 24.0 Å². The summed E-state index contributed by atoms with van der Waals surface area (Å²) >= 11 is 0. The van der Waals surface area contributed by atoms with Gasteiger partial charge in [0.25, 0.3) is 0 Å². The third-order valence-corrected chi connectivity index (χ3v) is 3.47. The van der Waals surface area contributed by atoms with Crippen LogP contribution in [-0.2, 0) is 4.74 Å². The van der Waals surface area contributed by atoms with Crippen molar-refractivity contribution < 1.29 is 9.53 Å². The summed E-state index contributed by atoms with van der Waals surface area (Å²) < 4.78 is 4.68. The van der Waals surface area contributed by atoms with Gasteiger partial charge in [-0.3, -0.25) is 0 Å². The average Bonchev–Trinajstić information content (AvgIpc) is 2.41. The van der Waals surface area contributed by atoms with Gasteiger partial charge in [0.15, 0.2) is 0 Å². The molecule has 2 heterocycles. The minimum Gasteiger partial charge on any atom is -0.464 e. The number of hydrogen-bond donors (Lipinski definition) is 1. The summed E-state index contributed by atoms with van der Waals surface area (Å²) in [6, 6.07) is 3.95. The van der Waals surface area contributed by atoms with E-state index in [0.29, 0.717) is 11.6 Å². The largest absolute Gasteiger partial charge is 0.464 e. The maximum atomic E-state index is 11.4. The summed E-state index contributed by atoms with van der Waals surface area (Å²) in [6.07, 6.45) is 2.61. The van der Waals surface area contributed by atoms with Crippen molar-refractivity contribution in [1.82, 2.24) is 4.98 Å². The van der Waals surface area contributed by atoms with Gasteiger partial charge in [0.05, 0.1) is 7.11 Å². The zero-order valence-electron chi connectivity index (χ0n) is 10.8. The molecule has 1 fully saturated rings. The van der Waals surface area contributed by atoms with Crippen LogP contribution >= 0.6 is 0 Å². The topological polar surface area (TPSA) is 68.5 Å². The van der Waals surface area contributed by atoms with Crippen molar-refractivity contribution >= 4 is 11.7 Å². The number of hydrogen-bond acceptors (Lipinski definition) is 5. The van der Waals surface area contributed by atoms with Crippen molar-refractivity contribution in [3.8, 4) is 0 Å². The van der Waals surface area contributed by atoms with Crippen LogP contribution in [0.25, 0.3) is 0 Å². The molecule has 0 saturated carbocycles. The van der Waals surface area contributed by atoms with Crippen LogP contribution in [0, 0.1) is 5.92 Å². The van der Waals surface area contributed by atoms with E-state index in [-0.39, 0.29) is 6.04 Å². The molecular weight excluding hydrogens is 230 g/mol. The molecule has 1 aromatic rings. The lowest BCUT2D eigenvalue weighted by atomic mass is 9.94. The summed E-state index contributed by atoms with van der Waals surface area (Å²) in [5, 5.41) is 0. The molecule has 0 bridgehead atoms. The Labute approximate surface area is 107 Å². The first-order valence-corrected chi connectivity index (χ1v) is 6.16. The molecule has 0 aliphatic carbocycles. The molecule has 2 rings (SSSR count). The Bertz CT molecular complexity index is 436. The number of carbonyl (C=O) groups is 1. The van der Waals surface area contributed by atoms with Crippen LogP contribution in [0.1, 0.15) is 23.8 Å². The van der Waals surface area contributed by atoms with E-state index < -0.39 is 5.97 Å². The summed E-state index contributed by atoms with van der Waals surface area (Å²) in [5.74, 6) is 0.0482. The predicted octanol–water partition coefficient (Wildman–Crippen LogP) is 1.04. The minimum absolute atomic E-state index is 0.267. The molecule has 0 spiro atoms. The van der Waals surface area contributed by atoms with Crippen LogP contribution in [0.5, 0.6) is 0 Å². The number of esters is 1. The molecule has 18 heavy (non-hydrogen) atoms. The van der Waals surface area contributed by atoms with Gasteiger partial charge in [-0.1, -0.05) is 6.92 Å². The highest BCUT2D eigenvalue weighted by Crippen LogP contribution is 2.22. The van der Waals surface area contributed by atoms with Crippen molar-refractivity contribution in [2.75, 3.05) is 25.1 Å². The normalized spacial score (nSPS) is 23.8. The van der Waals surface area contributed by atoms with Gasteiger partial charge in [0.2, 0.25) is 0 Å². The van der Waals surface area contributed by atoms with Crippen LogP contribution in [0.2, 0.25) is 0 Å². The number of carbonyl (C=O) groups excluding carboxylic acids is 1. The van der Waals surface area contributed by atoms with Crippen LogP contribution < -0.4 is 10.6 Å². The fourth-order valence-electron chi connectivity index (χ4n) is 2.23. The molecule has 2 N–H and O–H groups in total. The number of methoxy groups -OCH3 is 1. The fourth-order valence-corrected chi connectivity index (χ4v) is 2.23. The van der Waals surface area contributed by atoms with E-state index in [2.05, 4.69) is 21.5 Å². The van der Waals surface area contributed by atoms with Crippen molar-refractivity contribution in [2.24, 2.45) is 11.7 Å². The Morgan fingerprint density at radius 3 is 3.06 bits per heavy atom. The molecule has 5 heteroatoms. The lowest BCUT2D eigenvalue weighted by molar-refractivity contribution is 0.0594. The minimum atomic E-state index is -0.404. The molecule has 1 aliphatic rings. The van der Waals surface area contributed by atoms with Gasteiger partial charge < -0.3 is 15.4 Å². The van der Waals surface area contributed by atoms with Crippen LogP contribution in [0.3, 0.4) is 0 Å². The Balaban J connectivity index is 2.16. The fraction of sp³-hybridized carbons (Fsp3) is 0.538. The lowest BCUT2D eigenvalue weighted by Gasteiger charge is -2.36. The zero-order valence-corrected chi connectivity index (χ0v) is 10.8. The molecular formula is C13H19N3O2. The summed E-state index contributed by atoms with van der Waals surface area (Å²) in [4.78, 5) is 17.7. The van der Waals surface area contributed by atoms with E-state index in [1.54, 1.807) is 12.3 Å². The Kier molecular flexibility index (Phi) is 3.81. The molecule has 98 valence electrons. The molecule has 0 amide bonds. The van der Waals surface area contributed by atoms with Crippen LogP contribution in [0.15, 0.2) is 18.3 Å². The Hall–Kier alpha value is -1.62. The van der Waals surface area contributed by atoms with E-state index in [9.17, 15) is 4.79 Å². The standard InChI is InChI=1S/C13H19N3O2/c1-9-8-16(6-4-11(9)14)10-3-5-15-12(7-10)13(17)18-2/h3,5,7,9,11H,4,6,8,14H2,1-2H3. The molecule has 1 aliphatic heterocycles. The number of aromatic nitrogens is 1. The highest BCUT2D eigenvalue weighted by Gasteiger charge is 2.23. The van der Waals surface area contributed by atoms with Crippen molar-refractivity contribution in [2.45, 2.75) is 19.4 Å². The smallest absolute Gasteiger partial charge is 0.356 e. The quantitative estimate of drug-likeness (QED) is 0.793. The molecule has 0 aromatic carbocycles. The second-order valence-corrected chi connectivity index (χ2v) is 4.77. The third kappa shape index (κ3) is 2.61. The van der Waals surface area contributed by atoms with Crippen LogP contribution in [-0.4, -0.2) is 37.2 Å². The van der Waals surface area contributed by atoms with E-state index >= 15 is 0 Å². The van der Waals surface area contributed by atoms with Crippen molar-refractivity contribution in [3.63, 3.8) is 0 Å². The van der Waals surface area contributed by atoms with Gasteiger partial charge in [-0.25, -0.2) is 9.78 Å². The lowest BCUT2D eigenvalue weighted by Crippen LogP contribution is -2.46. The highest BCUT2D eigenvalue weighted by atomic mass is 16.5.